The van der Waals surface area contributed by atoms with Gasteiger partial charge in [-0.3, -0.25) is 15.0 Å². The predicted octanol–water partition coefficient (Wildman–Crippen LogP) is 3.84. The number of anilines is 1. The number of carbonyl (C=O) groups is 2. The van der Waals surface area contributed by atoms with Crippen LogP contribution < -0.4 is 10.6 Å². The van der Waals surface area contributed by atoms with Gasteiger partial charge in [0.25, 0.3) is 0 Å². The van der Waals surface area contributed by atoms with E-state index in [2.05, 4.69) is 10.6 Å². The number of hydrogen-bond acceptors (Lipinski definition) is 5. The van der Waals surface area contributed by atoms with Gasteiger partial charge in [0.2, 0.25) is 5.91 Å². The van der Waals surface area contributed by atoms with Crippen molar-refractivity contribution in [2.24, 2.45) is 0 Å². The van der Waals surface area contributed by atoms with E-state index in [1.165, 1.54) is 0 Å². The molecule has 0 unspecified atom stereocenters. The van der Waals surface area contributed by atoms with Crippen LogP contribution in [0.1, 0.15) is 22.6 Å². The van der Waals surface area contributed by atoms with Gasteiger partial charge in [-0.1, -0.05) is 17.7 Å². The van der Waals surface area contributed by atoms with Gasteiger partial charge in [-0.25, -0.2) is 4.79 Å². The van der Waals surface area contributed by atoms with E-state index < -0.39 is 11.9 Å². The van der Waals surface area contributed by atoms with Crippen molar-refractivity contribution in [3.63, 3.8) is 0 Å². The average molecular weight is 381 g/mol. The molecule has 7 nitrogen and oxygen atoms in total. The quantitative estimate of drug-likeness (QED) is 0.649. The zero-order chi connectivity index (χ0) is 19.9. The molecule has 7 heteroatoms. The lowest BCUT2D eigenvalue weighted by molar-refractivity contribution is -0.121. The lowest BCUT2D eigenvalue weighted by Gasteiger charge is -2.19. The van der Waals surface area contributed by atoms with Crippen LogP contribution in [0.2, 0.25) is 0 Å². The molecule has 0 fully saturated rings. The molecule has 0 aliphatic carbocycles. The molecule has 0 saturated heterocycles. The Kier molecular flexibility index (Phi) is 6.29. The minimum Gasteiger partial charge on any atom is -0.468 e. The van der Waals surface area contributed by atoms with E-state index in [1.807, 2.05) is 49.1 Å². The van der Waals surface area contributed by atoms with Crippen molar-refractivity contribution in [3.8, 4) is 0 Å². The predicted molar refractivity (Wildman–Crippen MR) is 105 cm³/mol. The summed E-state index contributed by atoms with van der Waals surface area (Å²) in [4.78, 5) is 26.4. The average Bonchev–Trinajstić information content (AvgIpc) is 3.31. The Balaban J connectivity index is 1.58. The fourth-order valence-electron chi connectivity index (χ4n) is 2.89. The lowest BCUT2D eigenvalue weighted by atomic mass is 10.1. The lowest BCUT2D eigenvalue weighted by Crippen LogP contribution is -2.41. The molecule has 3 aromatic rings. The fourth-order valence-corrected chi connectivity index (χ4v) is 2.89. The molecule has 28 heavy (non-hydrogen) atoms. The molecule has 0 atom stereocenters. The van der Waals surface area contributed by atoms with Gasteiger partial charge in [0, 0.05) is 5.69 Å². The number of imide groups is 1. The summed E-state index contributed by atoms with van der Waals surface area (Å²) in [6.45, 7) is 4.73. The Hall–Kier alpha value is -3.32. The van der Waals surface area contributed by atoms with Crippen LogP contribution >= 0.6 is 0 Å². The molecule has 0 bridgehead atoms. The van der Waals surface area contributed by atoms with E-state index >= 15 is 0 Å². The highest BCUT2D eigenvalue weighted by atomic mass is 16.3. The van der Waals surface area contributed by atoms with Crippen LogP contribution in [-0.2, 0) is 17.9 Å². The Morgan fingerprint density at radius 1 is 0.964 bits per heavy atom. The maximum Gasteiger partial charge on any atom is 0.325 e. The summed E-state index contributed by atoms with van der Waals surface area (Å²) in [5.41, 5.74) is 2.70. The minimum absolute atomic E-state index is 0.0156. The van der Waals surface area contributed by atoms with E-state index in [4.69, 9.17) is 8.83 Å². The van der Waals surface area contributed by atoms with Crippen LogP contribution in [0, 0.1) is 13.8 Å². The fraction of sp³-hybridized carbons (Fsp3) is 0.238. The van der Waals surface area contributed by atoms with Gasteiger partial charge >= 0.3 is 6.03 Å². The number of amides is 3. The van der Waals surface area contributed by atoms with Crippen molar-refractivity contribution in [2.75, 3.05) is 11.9 Å². The Morgan fingerprint density at radius 2 is 1.61 bits per heavy atom. The summed E-state index contributed by atoms with van der Waals surface area (Å²) >= 11 is 0. The van der Waals surface area contributed by atoms with E-state index in [1.54, 1.807) is 24.7 Å². The first-order valence-electron chi connectivity index (χ1n) is 8.95. The smallest absolute Gasteiger partial charge is 0.325 e. The molecule has 0 spiro atoms. The van der Waals surface area contributed by atoms with Crippen molar-refractivity contribution in [3.05, 3.63) is 77.6 Å². The molecular weight excluding hydrogens is 358 g/mol. The third kappa shape index (κ3) is 5.59. The van der Waals surface area contributed by atoms with Crippen LogP contribution in [0.15, 0.2) is 63.8 Å². The number of furan rings is 2. The zero-order valence-corrected chi connectivity index (χ0v) is 15.9. The first-order valence-corrected chi connectivity index (χ1v) is 8.95. The molecule has 1 aromatic carbocycles. The molecule has 146 valence electrons. The number of nitrogens with one attached hydrogen (secondary N) is 2. The normalized spacial score (nSPS) is 10.8. The van der Waals surface area contributed by atoms with Crippen LogP contribution in [0.25, 0.3) is 0 Å². The van der Waals surface area contributed by atoms with Gasteiger partial charge in [-0.15, -0.1) is 0 Å². The number of urea groups is 1. The third-order valence-corrected chi connectivity index (χ3v) is 4.17. The molecule has 0 aliphatic heterocycles. The SMILES string of the molecule is Cc1ccc(NC(=O)NC(=O)CN(Cc2ccco2)Cc2ccco2)c(C)c1. The van der Waals surface area contributed by atoms with Crippen molar-refractivity contribution in [1.82, 2.24) is 10.2 Å². The second-order valence-corrected chi connectivity index (χ2v) is 6.62. The Labute approximate surface area is 163 Å². The van der Waals surface area contributed by atoms with Crippen molar-refractivity contribution in [2.45, 2.75) is 26.9 Å². The number of benzene rings is 1. The molecule has 3 rings (SSSR count). The molecule has 0 aliphatic rings. The van der Waals surface area contributed by atoms with Crippen LogP contribution in [0.3, 0.4) is 0 Å². The first-order chi connectivity index (χ1) is 13.5. The van der Waals surface area contributed by atoms with Crippen LogP contribution in [0.5, 0.6) is 0 Å². The van der Waals surface area contributed by atoms with Gasteiger partial charge in [0.05, 0.1) is 32.2 Å². The second-order valence-electron chi connectivity index (χ2n) is 6.62. The molecule has 3 amide bonds. The molecule has 0 radical (unpaired) electrons. The number of nitrogens with zero attached hydrogens (tertiary/aromatic N) is 1. The van der Waals surface area contributed by atoms with E-state index in [0.717, 1.165) is 22.6 Å². The molecule has 2 heterocycles. The maximum atomic E-state index is 12.4. The number of carbonyl (C=O) groups excluding carboxylic acids is 2. The summed E-state index contributed by atoms with van der Waals surface area (Å²) in [6.07, 6.45) is 3.16. The third-order valence-electron chi connectivity index (χ3n) is 4.17. The number of hydrogen-bond donors (Lipinski definition) is 2. The van der Waals surface area contributed by atoms with Gasteiger partial charge in [0.1, 0.15) is 11.5 Å². The van der Waals surface area contributed by atoms with Gasteiger partial charge in [-0.05, 0) is 49.7 Å². The number of aryl methyl sites for hydroxylation is 2. The topological polar surface area (TPSA) is 87.7 Å². The van der Waals surface area contributed by atoms with Gasteiger partial charge in [0.15, 0.2) is 0 Å². The highest BCUT2D eigenvalue weighted by Crippen LogP contribution is 2.16. The minimum atomic E-state index is -0.562. The first kappa shape index (κ1) is 19.4. The Bertz CT molecular complexity index is 881. The van der Waals surface area contributed by atoms with Gasteiger partial charge < -0.3 is 14.2 Å². The maximum absolute atomic E-state index is 12.4. The zero-order valence-electron chi connectivity index (χ0n) is 15.9. The van der Waals surface area contributed by atoms with E-state index in [-0.39, 0.29) is 6.54 Å². The standard InChI is InChI=1S/C21H23N3O4/c1-15-7-8-19(16(2)11-15)22-21(26)23-20(25)14-24(12-17-5-3-9-27-17)13-18-6-4-10-28-18/h3-11H,12-14H2,1-2H3,(H2,22,23,25,26). The van der Waals surface area contributed by atoms with Crippen molar-refractivity contribution >= 4 is 17.6 Å². The summed E-state index contributed by atoms with van der Waals surface area (Å²) < 4.78 is 10.7. The van der Waals surface area contributed by atoms with E-state index in [0.29, 0.717) is 18.8 Å². The van der Waals surface area contributed by atoms with E-state index in [9.17, 15) is 9.59 Å². The summed E-state index contributed by atoms with van der Waals surface area (Å²) in [6, 6.07) is 12.4. The van der Waals surface area contributed by atoms with Crippen molar-refractivity contribution in [1.29, 1.82) is 0 Å². The largest absolute Gasteiger partial charge is 0.468 e. The van der Waals surface area contributed by atoms with Crippen LogP contribution in [-0.4, -0.2) is 23.4 Å². The molecule has 2 N–H and O–H groups in total. The highest BCUT2D eigenvalue weighted by Gasteiger charge is 2.17. The highest BCUT2D eigenvalue weighted by molar-refractivity contribution is 6.02. The van der Waals surface area contributed by atoms with Crippen LogP contribution in [0.4, 0.5) is 10.5 Å². The number of rotatable bonds is 7. The van der Waals surface area contributed by atoms with Gasteiger partial charge in [-0.2, -0.15) is 0 Å². The molecule has 2 aromatic heterocycles. The second kappa shape index (κ2) is 9.05. The Morgan fingerprint density at radius 3 is 2.14 bits per heavy atom. The molecular formula is C21H23N3O4. The van der Waals surface area contributed by atoms with Crippen molar-refractivity contribution < 1.29 is 18.4 Å². The molecule has 0 saturated carbocycles. The summed E-state index contributed by atoms with van der Waals surface area (Å²) in [5.74, 6) is 1.03. The monoisotopic (exact) mass is 381 g/mol. The summed E-state index contributed by atoms with van der Waals surface area (Å²) in [5, 5.41) is 5.07. The summed E-state index contributed by atoms with van der Waals surface area (Å²) in [7, 11) is 0.